The molecule has 1 aromatic rings. The lowest BCUT2D eigenvalue weighted by molar-refractivity contribution is 1.02. The van der Waals surface area contributed by atoms with Crippen molar-refractivity contribution in [3.63, 3.8) is 0 Å². The van der Waals surface area contributed by atoms with Gasteiger partial charge in [0.25, 0.3) is 0 Å². The average molecular weight is 161 g/mol. The molecule has 1 atom stereocenters. The molecule has 0 spiro atoms. The summed E-state index contributed by atoms with van der Waals surface area (Å²) in [6.45, 7) is 4.20. The van der Waals surface area contributed by atoms with Crippen molar-refractivity contribution in [3.8, 4) is 0 Å². The van der Waals surface area contributed by atoms with Crippen molar-refractivity contribution in [1.82, 2.24) is 10.2 Å². The Bertz CT molecular complexity index is 346. The molecule has 0 radical (unpaired) electrons. The number of nitrogens with zero attached hydrogens (tertiary/aromatic N) is 2. The third-order valence-corrected chi connectivity index (χ3v) is 2.00. The minimum absolute atomic E-state index is 0.408. The van der Waals surface area contributed by atoms with E-state index in [0.29, 0.717) is 5.92 Å². The van der Waals surface area contributed by atoms with E-state index < -0.39 is 0 Å². The molecule has 1 aromatic heterocycles. The van der Waals surface area contributed by atoms with Gasteiger partial charge in [0, 0.05) is 17.7 Å². The summed E-state index contributed by atoms with van der Waals surface area (Å²) in [6, 6.07) is 0. The number of hydrogen-bond acceptors (Lipinski definition) is 2. The van der Waals surface area contributed by atoms with Crippen LogP contribution < -0.4 is 0 Å². The van der Waals surface area contributed by atoms with E-state index in [1.807, 2.05) is 12.4 Å². The van der Waals surface area contributed by atoms with E-state index >= 15 is 0 Å². The zero-order valence-electron chi connectivity index (χ0n) is 7.20. The van der Waals surface area contributed by atoms with E-state index in [1.165, 1.54) is 5.57 Å². The lowest BCUT2D eigenvalue weighted by Gasteiger charge is -1.96. The fourth-order valence-corrected chi connectivity index (χ4v) is 1.39. The summed E-state index contributed by atoms with van der Waals surface area (Å²) in [6.07, 6.45) is 5.93. The maximum atomic E-state index is 4.28. The van der Waals surface area contributed by atoms with Crippen LogP contribution in [-0.4, -0.2) is 16.4 Å². The second-order valence-corrected chi connectivity index (χ2v) is 3.12. The minimum atomic E-state index is 0.408. The van der Waals surface area contributed by atoms with Gasteiger partial charge in [0.05, 0.1) is 6.20 Å². The molecule has 0 amide bonds. The van der Waals surface area contributed by atoms with Crippen LogP contribution in [0.5, 0.6) is 0 Å². The Morgan fingerprint density at radius 2 is 2.33 bits per heavy atom. The molecule has 0 bridgehead atoms. The predicted molar refractivity (Wildman–Crippen MR) is 49.6 cm³/mol. The quantitative estimate of drug-likeness (QED) is 0.622. The van der Waals surface area contributed by atoms with E-state index in [0.717, 1.165) is 11.4 Å². The fraction of sp³-hybridized carbons (Fsp3) is 0.333. The van der Waals surface area contributed by atoms with Crippen LogP contribution >= 0.6 is 0 Å². The molecule has 1 aliphatic rings. The van der Waals surface area contributed by atoms with E-state index in [2.05, 4.69) is 35.1 Å². The Morgan fingerprint density at radius 1 is 1.50 bits per heavy atom. The first kappa shape index (κ1) is 7.28. The number of rotatable bonds is 0. The fourth-order valence-electron chi connectivity index (χ4n) is 1.39. The molecule has 3 heteroatoms. The van der Waals surface area contributed by atoms with E-state index in [4.69, 9.17) is 0 Å². The van der Waals surface area contributed by atoms with Gasteiger partial charge in [-0.05, 0) is 12.5 Å². The van der Waals surface area contributed by atoms with Crippen molar-refractivity contribution < 1.29 is 0 Å². The van der Waals surface area contributed by atoms with E-state index in [9.17, 15) is 0 Å². The summed E-state index contributed by atoms with van der Waals surface area (Å²) >= 11 is 0. The van der Waals surface area contributed by atoms with Crippen LogP contribution in [0.4, 0.5) is 5.82 Å². The molecule has 2 heterocycles. The van der Waals surface area contributed by atoms with Crippen LogP contribution in [0.1, 0.15) is 19.4 Å². The molecule has 0 aliphatic carbocycles. The smallest absolute Gasteiger partial charge is 0.155 e. The van der Waals surface area contributed by atoms with Crippen LogP contribution in [0.3, 0.4) is 0 Å². The first-order valence-electron chi connectivity index (χ1n) is 4.03. The van der Waals surface area contributed by atoms with Crippen LogP contribution in [-0.2, 0) is 0 Å². The second kappa shape index (κ2) is 2.59. The summed E-state index contributed by atoms with van der Waals surface area (Å²) in [5, 5.41) is 6.80. The van der Waals surface area contributed by atoms with Crippen molar-refractivity contribution in [2.45, 2.75) is 13.8 Å². The molecule has 3 nitrogen and oxygen atoms in total. The first-order valence-corrected chi connectivity index (χ1v) is 4.03. The van der Waals surface area contributed by atoms with Gasteiger partial charge in [-0.1, -0.05) is 13.0 Å². The van der Waals surface area contributed by atoms with Crippen molar-refractivity contribution in [2.75, 3.05) is 0 Å². The number of allylic oxidation sites excluding steroid dienone is 2. The maximum absolute atomic E-state index is 4.28. The minimum Gasteiger partial charge on any atom is -0.261 e. The van der Waals surface area contributed by atoms with Crippen LogP contribution in [0.25, 0.3) is 5.57 Å². The highest BCUT2D eigenvalue weighted by Crippen LogP contribution is 2.26. The Balaban J connectivity index is 2.55. The molecule has 0 saturated heterocycles. The normalized spacial score (nSPS) is 21.5. The molecule has 1 N–H and O–H groups in total. The Labute approximate surface area is 71.2 Å². The van der Waals surface area contributed by atoms with E-state index in [1.54, 1.807) is 0 Å². The van der Waals surface area contributed by atoms with Crippen LogP contribution in [0.15, 0.2) is 17.3 Å². The van der Waals surface area contributed by atoms with Gasteiger partial charge in [-0.15, -0.1) is 0 Å². The Hall–Kier alpha value is -1.38. The van der Waals surface area contributed by atoms with Crippen molar-refractivity contribution in [1.29, 1.82) is 0 Å². The summed E-state index contributed by atoms with van der Waals surface area (Å²) in [7, 11) is 0. The Kier molecular flexibility index (Phi) is 1.57. The number of aliphatic imine (C=N–C) groups is 1. The largest absolute Gasteiger partial charge is 0.261 e. The lowest BCUT2D eigenvalue weighted by Crippen LogP contribution is -1.88. The summed E-state index contributed by atoms with van der Waals surface area (Å²) in [5.74, 6) is 1.28. The maximum Gasteiger partial charge on any atom is 0.155 e. The van der Waals surface area contributed by atoms with Gasteiger partial charge in [-0.2, -0.15) is 5.10 Å². The number of hydrogen-bond donors (Lipinski definition) is 1. The third-order valence-electron chi connectivity index (χ3n) is 2.00. The predicted octanol–water partition coefficient (Wildman–Crippen LogP) is 2.17. The van der Waals surface area contributed by atoms with Gasteiger partial charge in [0.1, 0.15) is 0 Å². The lowest BCUT2D eigenvalue weighted by atomic mass is 10.1. The van der Waals surface area contributed by atoms with Crippen LogP contribution in [0, 0.1) is 5.92 Å². The topological polar surface area (TPSA) is 41.0 Å². The second-order valence-electron chi connectivity index (χ2n) is 3.12. The molecule has 2 rings (SSSR count). The summed E-state index contributed by atoms with van der Waals surface area (Å²) in [5.41, 5.74) is 2.35. The van der Waals surface area contributed by atoms with Crippen LogP contribution in [0.2, 0.25) is 0 Å². The van der Waals surface area contributed by atoms with Gasteiger partial charge >= 0.3 is 0 Å². The number of H-pyrrole nitrogens is 1. The highest BCUT2D eigenvalue weighted by molar-refractivity contribution is 5.80. The molecule has 0 fully saturated rings. The number of aromatic nitrogens is 2. The monoisotopic (exact) mass is 161 g/mol. The summed E-state index contributed by atoms with van der Waals surface area (Å²) in [4.78, 5) is 4.28. The molecule has 1 unspecified atom stereocenters. The van der Waals surface area contributed by atoms with Gasteiger partial charge in [0.15, 0.2) is 5.82 Å². The number of fused-ring (bicyclic) bond motifs is 1. The molecule has 62 valence electrons. The van der Waals surface area contributed by atoms with Crippen molar-refractivity contribution in [3.05, 3.63) is 17.8 Å². The van der Waals surface area contributed by atoms with Gasteiger partial charge in [-0.3, -0.25) is 5.10 Å². The molecule has 1 aliphatic heterocycles. The highest BCUT2D eigenvalue weighted by atomic mass is 15.2. The number of aromatic amines is 1. The standard InChI is InChI=1S/C9H11N3/c1-6-3-7(2)8-5-11-12-9(8)10-4-6/h3-6H,1-2H3,(H,11,12). The van der Waals surface area contributed by atoms with E-state index in [-0.39, 0.29) is 0 Å². The SMILES string of the molecule is CC1=CC(C)C=Nc2[nH]ncc21. The zero-order valence-corrected chi connectivity index (χ0v) is 7.20. The van der Waals surface area contributed by atoms with Gasteiger partial charge in [-0.25, -0.2) is 4.99 Å². The van der Waals surface area contributed by atoms with Gasteiger partial charge < -0.3 is 0 Å². The molecular weight excluding hydrogens is 150 g/mol. The van der Waals surface area contributed by atoms with Crippen molar-refractivity contribution in [2.24, 2.45) is 10.9 Å². The molecular formula is C9H11N3. The molecule has 0 aromatic carbocycles. The highest BCUT2D eigenvalue weighted by Gasteiger charge is 2.09. The zero-order chi connectivity index (χ0) is 8.55. The molecule has 0 saturated carbocycles. The first-order chi connectivity index (χ1) is 5.77. The summed E-state index contributed by atoms with van der Waals surface area (Å²) < 4.78 is 0. The van der Waals surface area contributed by atoms with Gasteiger partial charge in [0.2, 0.25) is 0 Å². The number of nitrogens with one attached hydrogen (secondary N) is 1. The third kappa shape index (κ3) is 1.07. The molecule has 12 heavy (non-hydrogen) atoms. The Morgan fingerprint density at radius 3 is 3.17 bits per heavy atom. The van der Waals surface area contributed by atoms with Crippen molar-refractivity contribution >= 4 is 17.6 Å². The average Bonchev–Trinajstić information content (AvgIpc) is 2.43.